The molecule has 1 aromatic heterocycles. The molecule has 1 amide bonds. The van der Waals surface area contributed by atoms with Crippen molar-refractivity contribution in [1.82, 2.24) is 14.9 Å². The van der Waals surface area contributed by atoms with Gasteiger partial charge in [0.1, 0.15) is 23.5 Å². The Morgan fingerprint density at radius 3 is 2.90 bits per heavy atom. The van der Waals surface area contributed by atoms with Crippen LogP contribution in [0.5, 0.6) is 11.5 Å². The molecule has 150 valence electrons. The standard InChI is InChI=1S/C21H19F2N3O3/c1-26-10-9-24-21(26)19(15-7-6-14(22)11-16(15)23)25-18(27)8-5-13-3-2-4-17-20(13)29-12-28-17/h2-4,6-7,9-11,19H,5,8,12H2,1H3,(H,25,27). The topological polar surface area (TPSA) is 65.4 Å². The highest BCUT2D eigenvalue weighted by Crippen LogP contribution is 2.36. The molecule has 0 spiro atoms. The molecule has 1 N–H and O–H groups in total. The summed E-state index contributed by atoms with van der Waals surface area (Å²) in [7, 11) is 1.74. The zero-order valence-corrected chi connectivity index (χ0v) is 15.7. The second-order valence-corrected chi connectivity index (χ2v) is 6.71. The van der Waals surface area contributed by atoms with Gasteiger partial charge in [0.2, 0.25) is 12.7 Å². The largest absolute Gasteiger partial charge is 0.454 e. The predicted octanol–water partition coefficient (Wildman–Crippen LogP) is 3.27. The van der Waals surface area contributed by atoms with Crippen LogP contribution in [-0.2, 0) is 18.3 Å². The number of carbonyl (C=O) groups excluding carboxylic acids is 1. The van der Waals surface area contributed by atoms with Crippen LogP contribution in [0.4, 0.5) is 8.78 Å². The Balaban J connectivity index is 1.53. The Morgan fingerprint density at radius 1 is 1.28 bits per heavy atom. The van der Waals surface area contributed by atoms with E-state index in [1.54, 1.807) is 30.1 Å². The van der Waals surface area contributed by atoms with Gasteiger partial charge in [-0.2, -0.15) is 0 Å². The van der Waals surface area contributed by atoms with E-state index >= 15 is 0 Å². The number of para-hydroxylation sites is 1. The average molecular weight is 399 g/mol. The van der Waals surface area contributed by atoms with Crippen LogP contribution in [0, 0.1) is 11.6 Å². The Hall–Kier alpha value is -3.42. The summed E-state index contributed by atoms with van der Waals surface area (Å²) in [6, 6.07) is 7.94. The fraction of sp³-hybridized carbons (Fsp3) is 0.238. The number of carbonyl (C=O) groups is 1. The maximum absolute atomic E-state index is 14.4. The number of aryl methyl sites for hydroxylation is 2. The molecule has 2 aromatic carbocycles. The number of nitrogens with one attached hydrogen (secondary N) is 1. The van der Waals surface area contributed by atoms with Gasteiger partial charge in [0.25, 0.3) is 0 Å². The third-order valence-corrected chi connectivity index (χ3v) is 4.80. The minimum atomic E-state index is -0.843. The van der Waals surface area contributed by atoms with Crippen LogP contribution >= 0.6 is 0 Å². The molecule has 1 unspecified atom stereocenters. The number of fused-ring (bicyclic) bond motifs is 1. The second kappa shape index (κ2) is 7.90. The van der Waals surface area contributed by atoms with E-state index < -0.39 is 17.7 Å². The molecule has 0 aliphatic carbocycles. The van der Waals surface area contributed by atoms with Gasteiger partial charge < -0.3 is 19.4 Å². The number of aromatic nitrogens is 2. The molecule has 1 atom stereocenters. The number of halogens is 2. The summed E-state index contributed by atoms with van der Waals surface area (Å²) in [6.45, 7) is 0.156. The van der Waals surface area contributed by atoms with Gasteiger partial charge in [-0.3, -0.25) is 4.79 Å². The highest BCUT2D eigenvalue weighted by molar-refractivity contribution is 5.77. The minimum Gasteiger partial charge on any atom is -0.454 e. The molecule has 0 bridgehead atoms. The number of rotatable bonds is 6. The number of amides is 1. The summed E-state index contributed by atoms with van der Waals surface area (Å²) in [5.74, 6) is 0.0215. The highest BCUT2D eigenvalue weighted by Gasteiger charge is 2.24. The molecule has 1 aliphatic rings. The summed E-state index contributed by atoms with van der Waals surface area (Å²) >= 11 is 0. The molecule has 4 rings (SSSR count). The first kappa shape index (κ1) is 18.9. The third-order valence-electron chi connectivity index (χ3n) is 4.80. The smallest absolute Gasteiger partial charge is 0.231 e. The van der Waals surface area contributed by atoms with E-state index in [1.165, 1.54) is 6.07 Å². The van der Waals surface area contributed by atoms with Crippen molar-refractivity contribution in [2.24, 2.45) is 7.05 Å². The lowest BCUT2D eigenvalue weighted by atomic mass is 10.0. The normalized spacial score (nSPS) is 13.3. The molecule has 8 heteroatoms. The first-order valence-electron chi connectivity index (χ1n) is 9.12. The van der Waals surface area contributed by atoms with E-state index in [2.05, 4.69) is 10.3 Å². The lowest BCUT2D eigenvalue weighted by molar-refractivity contribution is -0.121. The molecule has 1 aliphatic heterocycles. The zero-order valence-electron chi connectivity index (χ0n) is 15.7. The predicted molar refractivity (Wildman–Crippen MR) is 100 cm³/mol. The van der Waals surface area contributed by atoms with Crippen LogP contribution in [0.2, 0.25) is 0 Å². The zero-order chi connectivity index (χ0) is 20.4. The van der Waals surface area contributed by atoms with Crippen LogP contribution in [0.25, 0.3) is 0 Å². The van der Waals surface area contributed by atoms with Gasteiger partial charge in [-0.15, -0.1) is 0 Å². The van der Waals surface area contributed by atoms with Gasteiger partial charge in [-0.1, -0.05) is 18.2 Å². The summed E-state index contributed by atoms with van der Waals surface area (Å²) < 4.78 is 40.3. The van der Waals surface area contributed by atoms with Crippen molar-refractivity contribution >= 4 is 5.91 Å². The van der Waals surface area contributed by atoms with Gasteiger partial charge in [0.05, 0.1) is 0 Å². The lowest BCUT2D eigenvalue weighted by Gasteiger charge is -2.20. The highest BCUT2D eigenvalue weighted by atomic mass is 19.1. The molecule has 6 nitrogen and oxygen atoms in total. The van der Waals surface area contributed by atoms with E-state index in [9.17, 15) is 13.6 Å². The summed E-state index contributed by atoms with van der Waals surface area (Å²) in [5, 5.41) is 2.82. The van der Waals surface area contributed by atoms with Crippen molar-refractivity contribution in [3.63, 3.8) is 0 Å². The van der Waals surface area contributed by atoms with E-state index in [0.717, 1.165) is 17.7 Å². The van der Waals surface area contributed by atoms with Crippen LogP contribution in [0.3, 0.4) is 0 Å². The van der Waals surface area contributed by atoms with Crippen molar-refractivity contribution in [2.75, 3.05) is 6.79 Å². The quantitative estimate of drug-likeness (QED) is 0.691. The SMILES string of the molecule is Cn1ccnc1C(NC(=O)CCc1cccc2c1OCO2)c1ccc(F)cc1F. The van der Waals surface area contributed by atoms with Gasteiger partial charge >= 0.3 is 0 Å². The van der Waals surface area contributed by atoms with E-state index in [4.69, 9.17) is 9.47 Å². The van der Waals surface area contributed by atoms with Crippen molar-refractivity contribution in [2.45, 2.75) is 18.9 Å². The van der Waals surface area contributed by atoms with Gasteiger partial charge in [-0.25, -0.2) is 13.8 Å². The Bertz CT molecular complexity index is 1050. The molecule has 2 heterocycles. The van der Waals surface area contributed by atoms with Crippen LogP contribution in [-0.4, -0.2) is 22.3 Å². The monoisotopic (exact) mass is 399 g/mol. The van der Waals surface area contributed by atoms with Crippen molar-refractivity contribution in [3.8, 4) is 11.5 Å². The van der Waals surface area contributed by atoms with Crippen molar-refractivity contribution in [1.29, 1.82) is 0 Å². The average Bonchev–Trinajstić information content (AvgIpc) is 3.34. The Kier molecular flexibility index (Phi) is 5.16. The minimum absolute atomic E-state index is 0.145. The van der Waals surface area contributed by atoms with E-state index in [1.807, 2.05) is 12.1 Å². The lowest BCUT2D eigenvalue weighted by Crippen LogP contribution is -2.32. The maximum atomic E-state index is 14.4. The number of imidazole rings is 1. The van der Waals surface area contributed by atoms with E-state index in [0.29, 0.717) is 23.7 Å². The molecular weight excluding hydrogens is 380 g/mol. The first-order chi connectivity index (χ1) is 14.0. The Morgan fingerprint density at radius 2 is 2.14 bits per heavy atom. The van der Waals surface area contributed by atoms with Crippen LogP contribution in [0.15, 0.2) is 48.8 Å². The molecule has 0 saturated heterocycles. The number of ether oxygens (including phenoxy) is 2. The van der Waals surface area contributed by atoms with Crippen LogP contribution < -0.4 is 14.8 Å². The Labute approximate surface area is 166 Å². The van der Waals surface area contributed by atoms with E-state index in [-0.39, 0.29) is 24.7 Å². The summed E-state index contributed by atoms with van der Waals surface area (Å²) in [4.78, 5) is 16.9. The van der Waals surface area contributed by atoms with Crippen molar-refractivity contribution < 1.29 is 23.0 Å². The maximum Gasteiger partial charge on any atom is 0.231 e. The number of nitrogens with zero attached hydrogens (tertiary/aromatic N) is 2. The number of hydrogen-bond donors (Lipinski definition) is 1. The molecule has 29 heavy (non-hydrogen) atoms. The summed E-state index contributed by atoms with van der Waals surface area (Å²) in [6.07, 6.45) is 3.84. The number of benzene rings is 2. The fourth-order valence-electron chi connectivity index (χ4n) is 3.34. The molecule has 3 aromatic rings. The molecule has 0 saturated carbocycles. The number of hydrogen-bond acceptors (Lipinski definition) is 4. The fourth-order valence-corrected chi connectivity index (χ4v) is 3.34. The third kappa shape index (κ3) is 3.91. The van der Waals surface area contributed by atoms with Gasteiger partial charge in [0, 0.05) is 37.5 Å². The molecule has 0 radical (unpaired) electrons. The van der Waals surface area contributed by atoms with Gasteiger partial charge in [-0.05, 0) is 24.1 Å². The second-order valence-electron chi connectivity index (χ2n) is 6.71. The molecule has 0 fully saturated rings. The molecular formula is C21H19F2N3O3. The summed E-state index contributed by atoms with van der Waals surface area (Å²) in [5.41, 5.74) is 1.00. The van der Waals surface area contributed by atoms with Gasteiger partial charge in [0.15, 0.2) is 11.5 Å². The van der Waals surface area contributed by atoms with Crippen molar-refractivity contribution in [3.05, 3.63) is 77.4 Å². The first-order valence-corrected chi connectivity index (χ1v) is 9.12. The van der Waals surface area contributed by atoms with Crippen LogP contribution in [0.1, 0.15) is 29.4 Å².